The number of carbonyl (C=O) groups is 1. The fourth-order valence-electron chi connectivity index (χ4n) is 1.85. The van der Waals surface area contributed by atoms with Crippen LogP contribution < -0.4 is 0 Å². The van der Waals surface area contributed by atoms with Gasteiger partial charge in [-0.05, 0) is 45.7 Å². The van der Waals surface area contributed by atoms with E-state index in [1.54, 1.807) is 31.2 Å². The average Bonchev–Trinajstić information content (AvgIpc) is 2.42. The number of rotatable bonds is 6. The molecule has 0 saturated carbocycles. The molecule has 0 fully saturated rings. The summed E-state index contributed by atoms with van der Waals surface area (Å²) >= 11 is 0. The summed E-state index contributed by atoms with van der Waals surface area (Å²) in [6.45, 7) is 11.7. The molecule has 5 heteroatoms. The van der Waals surface area contributed by atoms with E-state index in [9.17, 15) is 4.79 Å². The van der Waals surface area contributed by atoms with Gasteiger partial charge in [-0.15, -0.1) is 0 Å². The third kappa shape index (κ3) is 6.80. The van der Waals surface area contributed by atoms with E-state index in [-0.39, 0.29) is 5.54 Å². The second-order valence-corrected chi connectivity index (χ2v) is 6.96. The van der Waals surface area contributed by atoms with Crippen molar-refractivity contribution >= 4 is 5.97 Å². The lowest BCUT2D eigenvalue weighted by atomic mass is 10.0. The van der Waals surface area contributed by atoms with Crippen LogP contribution in [-0.2, 0) is 9.78 Å². The van der Waals surface area contributed by atoms with Crippen LogP contribution in [-0.4, -0.2) is 17.2 Å². The first-order chi connectivity index (χ1) is 10.1. The minimum atomic E-state index is -0.994. The van der Waals surface area contributed by atoms with Gasteiger partial charge in [-0.25, -0.2) is 4.79 Å². The number of azo groups is 1. The molecule has 0 saturated heterocycles. The molecule has 1 rings (SSSR count). The summed E-state index contributed by atoms with van der Waals surface area (Å²) in [6.07, 6.45) is 0.592. The normalized spacial score (nSPS) is 15.0. The van der Waals surface area contributed by atoms with Gasteiger partial charge in [0, 0.05) is 6.42 Å². The Bertz CT molecular complexity index is 506. The van der Waals surface area contributed by atoms with E-state index in [2.05, 4.69) is 10.2 Å². The van der Waals surface area contributed by atoms with Gasteiger partial charge in [0.25, 0.3) is 0 Å². The van der Waals surface area contributed by atoms with Gasteiger partial charge in [0.1, 0.15) is 0 Å². The van der Waals surface area contributed by atoms with Crippen LogP contribution in [0.2, 0.25) is 0 Å². The standard InChI is InChI=1S/C17H26N2O3/c1-13(2)12-17(6,19-18-16(3,4)5)22-21-15(20)14-10-8-7-9-11-14/h7-11,13H,12H2,1-6H3. The van der Waals surface area contributed by atoms with Crippen LogP contribution in [0.5, 0.6) is 0 Å². The zero-order chi connectivity index (χ0) is 16.8. The van der Waals surface area contributed by atoms with Crippen molar-refractivity contribution in [2.24, 2.45) is 16.1 Å². The molecule has 5 nitrogen and oxygen atoms in total. The minimum absolute atomic E-state index is 0.314. The summed E-state index contributed by atoms with van der Waals surface area (Å²) in [6, 6.07) is 8.70. The Morgan fingerprint density at radius 1 is 1.09 bits per heavy atom. The second-order valence-electron chi connectivity index (χ2n) is 6.96. The van der Waals surface area contributed by atoms with Gasteiger partial charge >= 0.3 is 5.97 Å². The molecular formula is C17H26N2O3. The lowest BCUT2D eigenvalue weighted by Gasteiger charge is -2.25. The zero-order valence-electron chi connectivity index (χ0n) is 14.3. The molecule has 1 atom stereocenters. The Labute approximate surface area is 132 Å². The summed E-state index contributed by atoms with van der Waals surface area (Å²) in [5.41, 5.74) is -0.876. The van der Waals surface area contributed by atoms with Crippen molar-refractivity contribution in [3.8, 4) is 0 Å². The summed E-state index contributed by atoms with van der Waals surface area (Å²) in [5, 5.41) is 8.50. The van der Waals surface area contributed by atoms with Gasteiger partial charge in [0.2, 0.25) is 5.72 Å². The maximum absolute atomic E-state index is 12.0. The molecule has 0 aliphatic heterocycles. The van der Waals surface area contributed by atoms with Crippen molar-refractivity contribution in [1.82, 2.24) is 0 Å². The molecule has 1 aromatic rings. The predicted molar refractivity (Wildman–Crippen MR) is 85.4 cm³/mol. The van der Waals surface area contributed by atoms with Crippen molar-refractivity contribution in [1.29, 1.82) is 0 Å². The van der Waals surface area contributed by atoms with Crippen molar-refractivity contribution in [2.75, 3.05) is 0 Å². The second kappa shape index (κ2) is 7.49. The van der Waals surface area contributed by atoms with Gasteiger partial charge in [-0.1, -0.05) is 32.0 Å². The molecule has 22 heavy (non-hydrogen) atoms. The van der Waals surface area contributed by atoms with E-state index in [4.69, 9.17) is 9.78 Å². The molecule has 0 aliphatic carbocycles. The minimum Gasteiger partial charge on any atom is -0.290 e. The number of carbonyl (C=O) groups excluding carboxylic acids is 1. The van der Waals surface area contributed by atoms with Crippen molar-refractivity contribution in [3.05, 3.63) is 35.9 Å². The lowest BCUT2D eigenvalue weighted by Crippen LogP contribution is -2.30. The number of hydrogen-bond acceptors (Lipinski definition) is 5. The average molecular weight is 306 g/mol. The fourth-order valence-corrected chi connectivity index (χ4v) is 1.85. The SMILES string of the molecule is CC(C)CC(C)(N=NC(C)(C)C)OOC(=O)c1ccccc1. The quantitative estimate of drug-likeness (QED) is 0.431. The first-order valence-corrected chi connectivity index (χ1v) is 7.50. The fraction of sp³-hybridized carbons (Fsp3) is 0.588. The zero-order valence-corrected chi connectivity index (χ0v) is 14.3. The highest BCUT2D eigenvalue weighted by atomic mass is 17.2. The van der Waals surface area contributed by atoms with Crippen molar-refractivity contribution in [2.45, 2.75) is 59.2 Å². The molecule has 0 heterocycles. The molecule has 0 radical (unpaired) electrons. The summed E-state index contributed by atoms with van der Waals surface area (Å²) < 4.78 is 0. The topological polar surface area (TPSA) is 60.3 Å². The molecule has 0 bridgehead atoms. The van der Waals surface area contributed by atoms with Crippen LogP contribution in [0.1, 0.15) is 58.3 Å². The van der Waals surface area contributed by atoms with Crippen LogP contribution >= 0.6 is 0 Å². The van der Waals surface area contributed by atoms with Crippen LogP contribution in [0, 0.1) is 5.92 Å². The van der Waals surface area contributed by atoms with Gasteiger partial charge in [0.05, 0.1) is 11.1 Å². The van der Waals surface area contributed by atoms with E-state index < -0.39 is 11.7 Å². The highest BCUT2D eigenvalue weighted by Crippen LogP contribution is 2.25. The lowest BCUT2D eigenvalue weighted by molar-refractivity contribution is -0.315. The van der Waals surface area contributed by atoms with E-state index in [1.807, 2.05) is 40.7 Å². The maximum Gasteiger partial charge on any atom is 0.373 e. The smallest absolute Gasteiger partial charge is 0.290 e. The van der Waals surface area contributed by atoms with Crippen molar-refractivity contribution < 1.29 is 14.6 Å². The van der Waals surface area contributed by atoms with Gasteiger partial charge < -0.3 is 0 Å². The summed E-state index contributed by atoms with van der Waals surface area (Å²) in [5.74, 6) is -0.221. The Balaban J connectivity index is 2.77. The van der Waals surface area contributed by atoms with Crippen LogP contribution in [0.15, 0.2) is 40.6 Å². The van der Waals surface area contributed by atoms with Crippen molar-refractivity contribution in [3.63, 3.8) is 0 Å². The van der Waals surface area contributed by atoms with E-state index >= 15 is 0 Å². The summed E-state index contributed by atoms with van der Waals surface area (Å²) in [7, 11) is 0. The van der Waals surface area contributed by atoms with E-state index in [0.29, 0.717) is 17.9 Å². The van der Waals surface area contributed by atoms with E-state index in [1.165, 1.54) is 0 Å². The number of hydrogen-bond donors (Lipinski definition) is 0. The highest BCUT2D eigenvalue weighted by molar-refractivity contribution is 5.88. The first kappa shape index (κ1) is 18.3. The number of benzene rings is 1. The van der Waals surface area contributed by atoms with Gasteiger partial charge in [0.15, 0.2) is 0 Å². The Morgan fingerprint density at radius 3 is 2.18 bits per heavy atom. The molecule has 0 aliphatic rings. The molecule has 0 N–H and O–H groups in total. The third-order valence-electron chi connectivity index (χ3n) is 2.65. The van der Waals surface area contributed by atoms with Crippen LogP contribution in [0.3, 0.4) is 0 Å². The number of nitrogens with zero attached hydrogens (tertiary/aromatic N) is 2. The first-order valence-electron chi connectivity index (χ1n) is 7.50. The Kier molecular flexibility index (Phi) is 6.23. The molecule has 1 unspecified atom stereocenters. The molecule has 1 aromatic carbocycles. The van der Waals surface area contributed by atoms with Crippen LogP contribution in [0.25, 0.3) is 0 Å². The van der Waals surface area contributed by atoms with Gasteiger partial charge in [-0.2, -0.15) is 15.1 Å². The maximum atomic E-state index is 12.0. The third-order valence-corrected chi connectivity index (χ3v) is 2.65. The predicted octanol–water partition coefficient (Wildman–Crippen LogP) is 4.79. The largest absolute Gasteiger partial charge is 0.373 e. The molecule has 122 valence electrons. The molecule has 0 aromatic heterocycles. The molecule has 0 amide bonds. The van der Waals surface area contributed by atoms with Crippen LogP contribution in [0.4, 0.5) is 0 Å². The highest BCUT2D eigenvalue weighted by Gasteiger charge is 2.30. The Morgan fingerprint density at radius 2 is 1.68 bits per heavy atom. The van der Waals surface area contributed by atoms with E-state index in [0.717, 1.165) is 0 Å². The Hall–Kier alpha value is -1.75. The molecular weight excluding hydrogens is 280 g/mol. The monoisotopic (exact) mass is 306 g/mol. The summed E-state index contributed by atoms with van der Waals surface area (Å²) in [4.78, 5) is 22.3. The van der Waals surface area contributed by atoms with Gasteiger partial charge in [-0.3, -0.25) is 4.89 Å². The molecule has 0 spiro atoms.